The third kappa shape index (κ3) is 4.36. The van der Waals surface area contributed by atoms with Crippen LogP contribution in [0, 0.1) is 0 Å². The molecule has 0 amide bonds. The Morgan fingerprint density at radius 1 is 1.04 bits per heavy atom. The SMILES string of the molecule is O=c1ccc2cnc(Nc3cccc(C(F)(F)F)c3)nc2n1CC(F)(F)F. The fourth-order valence-electron chi connectivity index (χ4n) is 2.37. The summed E-state index contributed by atoms with van der Waals surface area (Å²) >= 11 is 0. The summed E-state index contributed by atoms with van der Waals surface area (Å²) in [5.74, 6) is -0.247. The van der Waals surface area contributed by atoms with E-state index in [1.165, 1.54) is 18.3 Å². The third-order valence-corrected chi connectivity index (χ3v) is 3.51. The van der Waals surface area contributed by atoms with Gasteiger partial charge in [0, 0.05) is 23.3 Å². The molecule has 1 N–H and O–H groups in total. The first-order chi connectivity index (χ1) is 12.5. The molecule has 0 unspecified atom stereocenters. The number of fused-ring (bicyclic) bond motifs is 1. The summed E-state index contributed by atoms with van der Waals surface area (Å²) in [5.41, 5.74) is -2.13. The number of benzene rings is 1. The number of nitrogens with zero attached hydrogens (tertiary/aromatic N) is 3. The van der Waals surface area contributed by atoms with Crippen LogP contribution in [0.5, 0.6) is 0 Å². The highest BCUT2D eigenvalue weighted by atomic mass is 19.4. The normalized spacial score (nSPS) is 12.4. The van der Waals surface area contributed by atoms with Gasteiger partial charge in [0.2, 0.25) is 5.95 Å². The number of pyridine rings is 1. The summed E-state index contributed by atoms with van der Waals surface area (Å²) in [6, 6.07) is 6.37. The Labute approximate surface area is 147 Å². The molecule has 1 aromatic carbocycles. The van der Waals surface area contributed by atoms with Crippen LogP contribution >= 0.6 is 0 Å². The van der Waals surface area contributed by atoms with Gasteiger partial charge in [0.25, 0.3) is 5.56 Å². The van der Waals surface area contributed by atoms with Crippen LogP contribution < -0.4 is 10.9 Å². The van der Waals surface area contributed by atoms with E-state index in [1.54, 1.807) is 0 Å². The van der Waals surface area contributed by atoms with E-state index < -0.39 is 30.0 Å². The number of rotatable bonds is 3. The van der Waals surface area contributed by atoms with Crippen molar-refractivity contribution >= 4 is 22.7 Å². The van der Waals surface area contributed by atoms with E-state index in [1.807, 2.05) is 0 Å². The molecule has 142 valence electrons. The number of nitrogens with one attached hydrogen (secondary N) is 1. The summed E-state index contributed by atoms with van der Waals surface area (Å²) in [4.78, 5) is 19.5. The molecule has 0 atom stereocenters. The molecular formula is C16H10F6N4O. The van der Waals surface area contributed by atoms with E-state index in [2.05, 4.69) is 15.3 Å². The molecular weight excluding hydrogens is 378 g/mol. The Hall–Kier alpha value is -3.11. The number of hydrogen-bond donors (Lipinski definition) is 1. The van der Waals surface area contributed by atoms with Crippen molar-refractivity contribution in [2.75, 3.05) is 5.32 Å². The largest absolute Gasteiger partial charge is 0.416 e. The van der Waals surface area contributed by atoms with Gasteiger partial charge >= 0.3 is 12.4 Å². The van der Waals surface area contributed by atoms with E-state index in [0.29, 0.717) is 4.57 Å². The number of hydrogen-bond acceptors (Lipinski definition) is 4. The third-order valence-electron chi connectivity index (χ3n) is 3.51. The second kappa shape index (κ2) is 6.56. The summed E-state index contributed by atoms with van der Waals surface area (Å²) < 4.78 is 76.9. The molecule has 2 aromatic heterocycles. The fraction of sp³-hybridized carbons (Fsp3) is 0.188. The van der Waals surface area contributed by atoms with Crippen molar-refractivity contribution in [2.24, 2.45) is 0 Å². The van der Waals surface area contributed by atoms with Crippen LogP contribution in [0.15, 0.2) is 47.4 Å². The Bertz CT molecular complexity index is 1040. The summed E-state index contributed by atoms with van der Waals surface area (Å²) in [6.45, 7) is -1.55. The van der Waals surface area contributed by atoms with Gasteiger partial charge in [-0.2, -0.15) is 31.3 Å². The zero-order valence-corrected chi connectivity index (χ0v) is 13.3. The van der Waals surface area contributed by atoms with E-state index >= 15 is 0 Å². The second-order valence-corrected chi connectivity index (χ2v) is 5.55. The van der Waals surface area contributed by atoms with Crippen molar-refractivity contribution in [1.29, 1.82) is 0 Å². The van der Waals surface area contributed by atoms with Crippen LogP contribution in [0.25, 0.3) is 11.0 Å². The van der Waals surface area contributed by atoms with Crippen LogP contribution in [0.2, 0.25) is 0 Å². The minimum Gasteiger partial charge on any atom is -0.324 e. The molecule has 0 spiro atoms. The topological polar surface area (TPSA) is 59.8 Å². The summed E-state index contributed by atoms with van der Waals surface area (Å²) in [7, 11) is 0. The molecule has 3 rings (SSSR count). The minimum atomic E-state index is -4.66. The van der Waals surface area contributed by atoms with Crippen molar-refractivity contribution in [2.45, 2.75) is 18.9 Å². The fourth-order valence-corrected chi connectivity index (χ4v) is 2.37. The first-order valence-electron chi connectivity index (χ1n) is 7.40. The highest BCUT2D eigenvalue weighted by Gasteiger charge is 2.31. The zero-order valence-electron chi connectivity index (χ0n) is 13.3. The molecule has 0 aliphatic rings. The lowest BCUT2D eigenvalue weighted by molar-refractivity contribution is -0.140. The molecule has 0 radical (unpaired) electrons. The molecule has 0 bridgehead atoms. The average molecular weight is 388 g/mol. The molecule has 0 aliphatic heterocycles. The van der Waals surface area contributed by atoms with Crippen LogP contribution in [-0.2, 0) is 12.7 Å². The Balaban J connectivity index is 2.02. The van der Waals surface area contributed by atoms with E-state index in [-0.39, 0.29) is 22.7 Å². The summed E-state index contributed by atoms with van der Waals surface area (Å²) in [5, 5.41) is 2.67. The Morgan fingerprint density at radius 2 is 1.78 bits per heavy atom. The minimum absolute atomic E-state index is 0.00942. The molecule has 0 saturated carbocycles. The zero-order chi connectivity index (χ0) is 19.8. The molecule has 3 aromatic rings. The van der Waals surface area contributed by atoms with E-state index in [9.17, 15) is 31.1 Å². The second-order valence-electron chi connectivity index (χ2n) is 5.55. The van der Waals surface area contributed by atoms with Gasteiger partial charge in [0.15, 0.2) is 0 Å². The molecule has 11 heteroatoms. The summed E-state index contributed by atoms with van der Waals surface area (Å²) in [6.07, 6.45) is -8.04. The number of halogens is 6. The van der Waals surface area contributed by atoms with Gasteiger partial charge in [-0.1, -0.05) is 6.07 Å². The predicted molar refractivity (Wildman–Crippen MR) is 84.6 cm³/mol. The van der Waals surface area contributed by atoms with Gasteiger partial charge < -0.3 is 5.32 Å². The Kier molecular flexibility index (Phi) is 4.54. The van der Waals surface area contributed by atoms with Gasteiger partial charge in [0.05, 0.1) is 5.56 Å². The first-order valence-corrected chi connectivity index (χ1v) is 7.40. The van der Waals surface area contributed by atoms with Crippen LogP contribution in [0.4, 0.5) is 38.0 Å². The smallest absolute Gasteiger partial charge is 0.324 e. The highest BCUT2D eigenvalue weighted by Crippen LogP contribution is 2.31. The molecule has 5 nitrogen and oxygen atoms in total. The number of anilines is 2. The lowest BCUT2D eigenvalue weighted by Gasteiger charge is -2.13. The maximum atomic E-state index is 12.8. The van der Waals surface area contributed by atoms with Crippen molar-refractivity contribution in [3.63, 3.8) is 0 Å². The van der Waals surface area contributed by atoms with Crippen LogP contribution in [-0.4, -0.2) is 20.7 Å². The molecule has 27 heavy (non-hydrogen) atoms. The van der Waals surface area contributed by atoms with Crippen molar-refractivity contribution < 1.29 is 26.3 Å². The van der Waals surface area contributed by atoms with Crippen molar-refractivity contribution in [1.82, 2.24) is 14.5 Å². The molecule has 0 aliphatic carbocycles. The van der Waals surface area contributed by atoms with E-state index in [4.69, 9.17) is 0 Å². The lowest BCUT2D eigenvalue weighted by atomic mass is 10.2. The molecule has 0 fully saturated rings. The van der Waals surface area contributed by atoms with Gasteiger partial charge in [-0.3, -0.25) is 9.36 Å². The average Bonchev–Trinajstić information content (AvgIpc) is 2.56. The van der Waals surface area contributed by atoms with Gasteiger partial charge in [-0.15, -0.1) is 0 Å². The van der Waals surface area contributed by atoms with E-state index in [0.717, 1.165) is 24.3 Å². The van der Waals surface area contributed by atoms with Crippen molar-refractivity contribution in [3.05, 3.63) is 58.5 Å². The molecule has 0 saturated heterocycles. The molecule has 2 heterocycles. The maximum Gasteiger partial charge on any atom is 0.416 e. The highest BCUT2D eigenvalue weighted by molar-refractivity contribution is 5.75. The number of alkyl halides is 6. The van der Waals surface area contributed by atoms with Gasteiger partial charge in [0.1, 0.15) is 12.2 Å². The predicted octanol–water partition coefficient (Wildman–Crippen LogP) is 4.12. The monoisotopic (exact) mass is 388 g/mol. The van der Waals surface area contributed by atoms with Gasteiger partial charge in [-0.05, 0) is 24.3 Å². The van der Waals surface area contributed by atoms with Crippen molar-refractivity contribution in [3.8, 4) is 0 Å². The van der Waals surface area contributed by atoms with Crippen LogP contribution in [0.3, 0.4) is 0 Å². The quantitative estimate of drug-likeness (QED) is 0.686. The standard InChI is InChI=1S/C16H10F6N4O/c17-15(18,19)8-26-12(27)5-4-9-7-23-14(25-13(9)26)24-11-3-1-2-10(6-11)16(20,21)22/h1-7H,8H2,(H,23,24,25). The maximum absolute atomic E-state index is 12.8. The van der Waals surface area contributed by atoms with Gasteiger partial charge in [-0.25, -0.2) is 4.98 Å². The van der Waals surface area contributed by atoms with Crippen LogP contribution in [0.1, 0.15) is 5.56 Å². The lowest BCUT2D eigenvalue weighted by Crippen LogP contribution is -2.28. The first kappa shape index (κ1) is 18.7. The Morgan fingerprint density at radius 3 is 2.44 bits per heavy atom. The number of aromatic nitrogens is 3.